The van der Waals surface area contributed by atoms with Crippen LogP contribution in [0.1, 0.15) is 11.6 Å². The monoisotopic (exact) mass is 309 g/mol. The Balaban J connectivity index is 2.41. The maximum Gasteiger partial charge on any atom is 0.330 e. The molecular formula is C13H15N3O4S. The number of rotatable bonds is 5. The van der Waals surface area contributed by atoms with Crippen LogP contribution in [0.4, 0.5) is 5.69 Å². The van der Waals surface area contributed by atoms with Gasteiger partial charge < -0.3 is 10.4 Å². The highest BCUT2D eigenvalue weighted by atomic mass is 32.2. The van der Waals surface area contributed by atoms with Crippen LogP contribution < -0.4 is 5.32 Å². The predicted octanol–water partition coefficient (Wildman–Crippen LogP) is 1.06. The summed E-state index contributed by atoms with van der Waals surface area (Å²) in [5.41, 5.74) is 0.685. The zero-order valence-corrected chi connectivity index (χ0v) is 12.3. The average Bonchev–Trinajstić information content (AvgIpc) is 2.81. The number of nitrogens with one attached hydrogen (secondary N) is 1. The molecule has 112 valence electrons. The maximum atomic E-state index is 11.7. The molecule has 0 radical (unpaired) electrons. The second-order valence-corrected chi connectivity index (χ2v) is 6.62. The van der Waals surface area contributed by atoms with Crippen LogP contribution in [0.25, 0.3) is 0 Å². The Bertz CT molecular complexity index is 767. The molecule has 0 spiro atoms. The Morgan fingerprint density at radius 1 is 1.38 bits per heavy atom. The van der Waals surface area contributed by atoms with Gasteiger partial charge in [-0.15, -0.1) is 0 Å². The first-order valence-corrected chi connectivity index (χ1v) is 7.95. The van der Waals surface area contributed by atoms with Gasteiger partial charge in [0, 0.05) is 25.1 Å². The lowest BCUT2D eigenvalue weighted by Crippen LogP contribution is -2.21. The van der Waals surface area contributed by atoms with E-state index in [1.54, 1.807) is 25.4 Å². The van der Waals surface area contributed by atoms with Crippen molar-refractivity contribution in [2.24, 2.45) is 7.05 Å². The summed E-state index contributed by atoms with van der Waals surface area (Å²) < 4.78 is 25.0. The lowest BCUT2D eigenvalue weighted by Gasteiger charge is -2.16. The third-order valence-corrected chi connectivity index (χ3v) is 4.05. The Morgan fingerprint density at radius 2 is 2.05 bits per heavy atom. The summed E-state index contributed by atoms with van der Waals surface area (Å²) in [5, 5.41) is 16.0. The molecule has 2 aromatic rings. The fourth-order valence-electron chi connectivity index (χ4n) is 1.94. The standard InChI is InChI=1S/C13H15N3O4S/c1-16-8-9(7-14-16)12(13(17)18)15-10-5-3-4-6-11(10)21(2,19)20/h3-8,12,15H,1-2H3,(H,17,18). The summed E-state index contributed by atoms with van der Waals surface area (Å²) in [4.78, 5) is 11.5. The van der Waals surface area contributed by atoms with Crippen molar-refractivity contribution in [2.75, 3.05) is 11.6 Å². The molecule has 0 aliphatic rings. The van der Waals surface area contributed by atoms with Gasteiger partial charge in [-0.3, -0.25) is 4.68 Å². The van der Waals surface area contributed by atoms with E-state index in [2.05, 4.69) is 10.4 Å². The quantitative estimate of drug-likeness (QED) is 0.856. The Kier molecular flexibility index (Phi) is 3.99. The van der Waals surface area contributed by atoms with Crippen molar-refractivity contribution < 1.29 is 18.3 Å². The van der Waals surface area contributed by atoms with Crippen LogP contribution in [0.5, 0.6) is 0 Å². The number of sulfone groups is 1. The number of aromatic nitrogens is 2. The normalized spacial score (nSPS) is 12.9. The molecule has 0 fully saturated rings. The number of anilines is 1. The molecule has 1 aromatic carbocycles. The number of para-hydroxylation sites is 1. The van der Waals surface area contributed by atoms with Crippen molar-refractivity contribution in [3.8, 4) is 0 Å². The molecule has 1 atom stereocenters. The maximum absolute atomic E-state index is 11.7. The second-order valence-electron chi connectivity index (χ2n) is 4.63. The molecule has 2 rings (SSSR count). The van der Waals surface area contributed by atoms with Crippen LogP contribution in [-0.2, 0) is 21.7 Å². The molecular weight excluding hydrogens is 294 g/mol. The van der Waals surface area contributed by atoms with Gasteiger partial charge >= 0.3 is 5.97 Å². The zero-order chi connectivity index (χ0) is 15.6. The molecule has 0 saturated heterocycles. The number of carbonyl (C=O) groups is 1. The van der Waals surface area contributed by atoms with Crippen LogP contribution in [0, 0.1) is 0 Å². The first-order chi connectivity index (χ1) is 9.79. The highest BCUT2D eigenvalue weighted by Gasteiger charge is 2.23. The molecule has 1 aromatic heterocycles. The van der Waals surface area contributed by atoms with Gasteiger partial charge in [0.25, 0.3) is 0 Å². The highest BCUT2D eigenvalue weighted by Crippen LogP contribution is 2.25. The van der Waals surface area contributed by atoms with Gasteiger partial charge in [-0.05, 0) is 12.1 Å². The van der Waals surface area contributed by atoms with E-state index in [-0.39, 0.29) is 10.6 Å². The third kappa shape index (κ3) is 3.40. The van der Waals surface area contributed by atoms with Crippen molar-refractivity contribution in [2.45, 2.75) is 10.9 Å². The van der Waals surface area contributed by atoms with Gasteiger partial charge in [-0.2, -0.15) is 5.10 Å². The molecule has 0 aliphatic carbocycles. The number of aliphatic carboxylic acids is 1. The van der Waals surface area contributed by atoms with E-state index in [9.17, 15) is 18.3 Å². The summed E-state index contributed by atoms with van der Waals surface area (Å²) in [5.74, 6) is -1.12. The third-order valence-electron chi connectivity index (χ3n) is 2.89. The summed E-state index contributed by atoms with van der Waals surface area (Å²) >= 11 is 0. The number of benzene rings is 1. The molecule has 0 amide bonds. The Hall–Kier alpha value is -2.35. The lowest BCUT2D eigenvalue weighted by atomic mass is 10.1. The first kappa shape index (κ1) is 15.0. The molecule has 0 aliphatic heterocycles. The second kappa shape index (κ2) is 5.57. The molecule has 0 saturated carbocycles. The summed E-state index contributed by atoms with van der Waals surface area (Å²) in [7, 11) is -1.78. The van der Waals surface area contributed by atoms with Crippen molar-refractivity contribution in [3.63, 3.8) is 0 Å². The van der Waals surface area contributed by atoms with Crippen molar-refractivity contribution in [3.05, 3.63) is 42.2 Å². The fraction of sp³-hybridized carbons (Fsp3) is 0.231. The minimum absolute atomic E-state index is 0.0557. The van der Waals surface area contributed by atoms with Gasteiger partial charge in [-0.1, -0.05) is 12.1 Å². The molecule has 1 unspecified atom stereocenters. The molecule has 7 nitrogen and oxygen atoms in total. The predicted molar refractivity (Wildman–Crippen MR) is 76.8 cm³/mol. The number of carboxylic acid groups (broad SMARTS) is 1. The summed E-state index contributed by atoms with van der Waals surface area (Å²) in [6.45, 7) is 0. The number of aryl methyl sites for hydroxylation is 1. The van der Waals surface area contributed by atoms with E-state index < -0.39 is 21.8 Å². The Morgan fingerprint density at radius 3 is 2.57 bits per heavy atom. The average molecular weight is 309 g/mol. The number of nitrogens with zero attached hydrogens (tertiary/aromatic N) is 2. The number of carboxylic acids is 1. The fourth-order valence-corrected chi connectivity index (χ4v) is 2.79. The van der Waals surface area contributed by atoms with E-state index in [1.165, 1.54) is 23.0 Å². The minimum Gasteiger partial charge on any atom is -0.479 e. The van der Waals surface area contributed by atoms with E-state index >= 15 is 0 Å². The first-order valence-electron chi connectivity index (χ1n) is 6.06. The van der Waals surface area contributed by atoms with E-state index in [4.69, 9.17) is 0 Å². The van der Waals surface area contributed by atoms with Crippen LogP contribution in [-0.4, -0.2) is 35.5 Å². The number of hydrogen-bond donors (Lipinski definition) is 2. The van der Waals surface area contributed by atoms with Crippen LogP contribution in [0.2, 0.25) is 0 Å². The van der Waals surface area contributed by atoms with Gasteiger partial charge in [0.05, 0.1) is 16.8 Å². The smallest absolute Gasteiger partial charge is 0.330 e. The van der Waals surface area contributed by atoms with E-state index in [0.29, 0.717) is 5.56 Å². The van der Waals surface area contributed by atoms with Gasteiger partial charge in [0.1, 0.15) is 0 Å². The minimum atomic E-state index is -3.46. The van der Waals surface area contributed by atoms with Crippen LogP contribution in [0.3, 0.4) is 0 Å². The van der Waals surface area contributed by atoms with Crippen molar-refractivity contribution in [1.29, 1.82) is 0 Å². The zero-order valence-electron chi connectivity index (χ0n) is 11.5. The summed E-state index contributed by atoms with van der Waals surface area (Å²) in [6.07, 6.45) is 4.07. The van der Waals surface area contributed by atoms with Crippen molar-refractivity contribution >= 4 is 21.5 Å². The molecule has 21 heavy (non-hydrogen) atoms. The van der Waals surface area contributed by atoms with E-state index in [0.717, 1.165) is 6.26 Å². The summed E-state index contributed by atoms with van der Waals surface area (Å²) in [6, 6.07) is 5.10. The highest BCUT2D eigenvalue weighted by molar-refractivity contribution is 7.90. The van der Waals surface area contributed by atoms with Gasteiger partial charge in [0.2, 0.25) is 0 Å². The molecule has 2 N–H and O–H groups in total. The lowest BCUT2D eigenvalue weighted by molar-refractivity contribution is -0.138. The van der Waals surface area contributed by atoms with Gasteiger partial charge in [-0.25, -0.2) is 13.2 Å². The topological polar surface area (TPSA) is 101 Å². The van der Waals surface area contributed by atoms with Gasteiger partial charge in [0.15, 0.2) is 15.9 Å². The molecule has 8 heteroatoms. The largest absolute Gasteiger partial charge is 0.479 e. The van der Waals surface area contributed by atoms with Crippen LogP contribution >= 0.6 is 0 Å². The SMILES string of the molecule is Cn1cc(C(Nc2ccccc2S(C)(=O)=O)C(=O)O)cn1. The van der Waals surface area contributed by atoms with E-state index in [1.807, 2.05) is 0 Å². The molecule has 1 heterocycles. The molecule has 0 bridgehead atoms. The number of hydrogen-bond acceptors (Lipinski definition) is 5. The van der Waals surface area contributed by atoms with Crippen LogP contribution in [0.15, 0.2) is 41.6 Å². The Labute approximate surface area is 122 Å². The van der Waals surface area contributed by atoms with Crippen molar-refractivity contribution in [1.82, 2.24) is 9.78 Å².